The van der Waals surface area contributed by atoms with Crippen molar-refractivity contribution in [3.8, 4) is 27.9 Å². The van der Waals surface area contributed by atoms with Crippen LogP contribution in [0.25, 0.3) is 49.7 Å². The Morgan fingerprint density at radius 1 is 0.525 bits per heavy atom. The Hall–Kier alpha value is -4.30. The molecule has 5 aromatic carbocycles. The van der Waals surface area contributed by atoms with Crippen LogP contribution in [0.2, 0.25) is 0 Å². The molecular formula is C38H38N2. The van der Waals surface area contributed by atoms with Crippen LogP contribution in [-0.4, -0.2) is 4.57 Å². The fourth-order valence-corrected chi connectivity index (χ4v) is 5.77. The molecule has 6 aromatic rings. The zero-order chi connectivity index (χ0) is 28.2. The van der Waals surface area contributed by atoms with Gasteiger partial charge in [0, 0.05) is 21.9 Å². The largest absolute Gasteiger partial charge is 0.397 e. The van der Waals surface area contributed by atoms with Crippen molar-refractivity contribution in [1.82, 2.24) is 4.57 Å². The highest BCUT2D eigenvalue weighted by Gasteiger charge is 2.23. The standard InChI is InChI=1S/C38H38N2/c1-37(2,3)27-22-26(23-28(24-27)38(4,5)6)30-18-12-19-32-31-16-10-11-20-33(31)40(36(30)32)34-21-13-17-29(35(34)39)25-14-8-7-9-15-25/h7-24H,39H2,1-6H3. The average Bonchev–Trinajstić information content (AvgIpc) is 3.27. The maximum Gasteiger partial charge on any atom is 0.0698 e. The fraction of sp³-hybridized carbons (Fsp3) is 0.211. The van der Waals surface area contributed by atoms with Crippen molar-refractivity contribution in [3.63, 3.8) is 0 Å². The number of para-hydroxylation sites is 3. The van der Waals surface area contributed by atoms with Crippen LogP contribution in [0.1, 0.15) is 52.7 Å². The van der Waals surface area contributed by atoms with E-state index in [0.29, 0.717) is 0 Å². The van der Waals surface area contributed by atoms with Gasteiger partial charge in [-0.25, -0.2) is 0 Å². The second-order valence-corrected chi connectivity index (χ2v) is 13.0. The summed E-state index contributed by atoms with van der Waals surface area (Å²) >= 11 is 0. The van der Waals surface area contributed by atoms with Crippen LogP contribution in [0.3, 0.4) is 0 Å². The third-order valence-electron chi connectivity index (χ3n) is 8.08. The third kappa shape index (κ3) is 4.38. The number of hydrogen-bond acceptors (Lipinski definition) is 1. The Labute approximate surface area is 238 Å². The van der Waals surface area contributed by atoms with Crippen molar-refractivity contribution >= 4 is 27.5 Å². The summed E-state index contributed by atoms with van der Waals surface area (Å²) in [6.45, 7) is 13.8. The van der Waals surface area contributed by atoms with Gasteiger partial charge in [0.15, 0.2) is 0 Å². The number of nitrogens with zero attached hydrogens (tertiary/aromatic N) is 1. The topological polar surface area (TPSA) is 30.9 Å². The molecule has 40 heavy (non-hydrogen) atoms. The molecule has 0 fully saturated rings. The van der Waals surface area contributed by atoms with Crippen LogP contribution in [0.5, 0.6) is 0 Å². The molecule has 0 bridgehead atoms. The quantitative estimate of drug-likeness (QED) is 0.230. The molecule has 0 unspecified atom stereocenters. The normalized spacial score (nSPS) is 12.3. The van der Waals surface area contributed by atoms with E-state index >= 15 is 0 Å². The SMILES string of the molecule is CC(C)(C)c1cc(-c2cccc3c4ccccc4n(-c4cccc(-c5ccccc5)c4N)c23)cc(C(C)(C)C)c1. The van der Waals surface area contributed by atoms with E-state index in [9.17, 15) is 0 Å². The number of nitrogen functional groups attached to an aromatic ring is 1. The summed E-state index contributed by atoms with van der Waals surface area (Å²) in [5.74, 6) is 0. The summed E-state index contributed by atoms with van der Waals surface area (Å²) in [5, 5.41) is 2.46. The first-order valence-corrected chi connectivity index (χ1v) is 14.2. The molecule has 0 saturated heterocycles. The lowest BCUT2D eigenvalue weighted by atomic mass is 9.79. The molecule has 0 atom stereocenters. The molecule has 1 aromatic heterocycles. The molecule has 0 spiro atoms. The average molecular weight is 523 g/mol. The predicted molar refractivity (Wildman–Crippen MR) is 173 cm³/mol. The predicted octanol–water partition coefficient (Wildman–Crippen LogP) is 10.3. The van der Waals surface area contributed by atoms with Crippen LogP contribution < -0.4 is 5.73 Å². The molecule has 1 heterocycles. The summed E-state index contributed by atoms with van der Waals surface area (Å²) < 4.78 is 2.38. The molecule has 0 aliphatic carbocycles. The summed E-state index contributed by atoms with van der Waals surface area (Å²) in [4.78, 5) is 0. The Bertz CT molecular complexity index is 1830. The minimum absolute atomic E-state index is 0.0328. The molecule has 2 N–H and O–H groups in total. The van der Waals surface area contributed by atoms with Gasteiger partial charge in [-0.05, 0) is 45.2 Å². The van der Waals surface area contributed by atoms with E-state index in [1.807, 2.05) is 6.07 Å². The van der Waals surface area contributed by atoms with E-state index in [-0.39, 0.29) is 10.8 Å². The van der Waals surface area contributed by atoms with Crippen molar-refractivity contribution in [2.24, 2.45) is 0 Å². The van der Waals surface area contributed by atoms with E-state index in [4.69, 9.17) is 5.73 Å². The van der Waals surface area contributed by atoms with Gasteiger partial charge in [0.1, 0.15) is 0 Å². The minimum atomic E-state index is 0.0328. The monoisotopic (exact) mass is 522 g/mol. The van der Waals surface area contributed by atoms with Crippen LogP contribution in [0.4, 0.5) is 5.69 Å². The highest BCUT2D eigenvalue weighted by molar-refractivity contribution is 6.14. The summed E-state index contributed by atoms with van der Waals surface area (Å²) in [6, 6.07) is 39.3. The number of benzene rings is 5. The van der Waals surface area contributed by atoms with E-state index in [1.54, 1.807) is 0 Å². The number of anilines is 1. The second kappa shape index (κ2) is 9.41. The van der Waals surface area contributed by atoms with Crippen LogP contribution >= 0.6 is 0 Å². The number of nitrogens with two attached hydrogens (primary N) is 1. The van der Waals surface area contributed by atoms with E-state index in [1.165, 1.54) is 38.5 Å². The highest BCUT2D eigenvalue weighted by Crippen LogP contribution is 2.42. The van der Waals surface area contributed by atoms with Crippen molar-refractivity contribution in [2.45, 2.75) is 52.4 Å². The van der Waals surface area contributed by atoms with Gasteiger partial charge in [-0.1, -0.05) is 139 Å². The first-order valence-electron chi connectivity index (χ1n) is 14.2. The first-order chi connectivity index (χ1) is 19.0. The molecule has 0 amide bonds. The molecule has 0 radical (unpaired) electrons. The van der Waals surface area contributed by atoms with E-state index in [2.05, 4.69) is 149 Å². The van der Waals surface area contributed by atoms with Gasteiger partial charge in [0.2, 0.25) is 0 Å². The summed E-state index contributed by atoms with van der Waals surface area (Å²) in [5.41, 5.74) is 18.5. The zero-order valence-corrected chi connectivity index (χ0v) is 24.4. The summed E-state index contributed by atoms with van der Waals surface area (Å²) in [7, 11) is 0. The smallest absolute Gasteiger partial charge is 0.0698 e. The molecule has 0 saturated carbocycles. The number of rotatable bonds is 3. The van der Waals surface area contributed by atoms with Gasteiger partial charge >= 0.3 is 0 Å². The summed E-state index contributed by atoms with van der Waals surface area (Å²) in [6.07, 6.45) is 0. The first kappa shape index (κ1) is 26.0. The van der Waals surface area contributed by atoms with Crippen molar-refractivity contribution in [2.75, 3.05) is 5.73 Å². The van der Waals surface area contributed by atoms with Crippen molar-refractivity contribution < 1.29 is 0 Å². The minimum Gasteiger partial charge on any atom is -0.397 e. The van der Waals surface area contributed by atoms with Gasteiger partial charge in [-0.2, -0.15) is 0 Å². The lowest BCUT2D eigenvalue weighted by molar-refractivity contribution is 0.569. The second-order valence-electron chi connectivity index (χ2n) is 13.0. The number of fused-ring (bicyclic) bond motifs is 3. The molecular weight excluding hydrogens is 484 g/mol. The maximum absolute atomic E-state index is 7.02. The Balaban J connectivity index is 1.72. The fourth-order valence-electron chi connectivity index (χ4n) is 5.77. The molecule has 200 valence electrons. The molecule has 2 nitrogen and oxygen atoms in total. The van der Waals surface area contributed by atoms with Gasteiger partial charge in [-0.15, -0.1) is 0 Å². The molecule has 6 rings (SSSR count). The van der Waals surface area contributed by atoms with Gasteiger partial charge in [0.05, 0.1) is 22.4 Å². The van der Waals surface area contributed by atoms with E-state index in [0.717, 1.165) is 28.0 Å². The van der Waals surface area contributed by atoms with Crippen molar-refractivity contribution in [1.29, 1.82) is 0 Å². The van der Waals surface area contributed by atoms with Gasteiger partial charge in [-0.3, -0.25) is 0 Å². The molecule has 0 aliphatic heterocycles. The Kier molecular flexibility index (Phi) is 6.11. The highest BCUT2D eigenvalue weighted by atomic mass is 15.0. The van der Waals surface area contributed by atoms with Crippen LogP contribution in [0, 0.1) is 0 Å². The Morgan fingerprint density at radius 3 is 1.77 bits per heavy atom. The number of aromatic nitrogens is 1. The Morgan fingerprint density at radius 2 is 1.10 bits per heavy atom. The third-order valence-corrected chi connectivity index (χ3v) is 8.08. The lowest BCUT2D eigenvalue weighted by Gasteiger charge is -2.26. The molecule has 2 heteroatoms. The van der Waals surface area contributed by atoms with Crippen molar-refractivity contribution in [3.05, 3.63) is 120 Å². The van der Waals surface area contributed by atoms with Gasteiger partial charge < -0.3 is 10.3 Å². The van der Waals surface area contributed by atoms with E-state index < -0.39 is 0 Å². The number of hydrogen-bond donors (Lipinski definition) is 1. The lowest BCUT2D eigenvalue weighted by Crippen LogP contribution is -2.16. The zero-order valence-electron chi connectivity index (χ0n) is 24.4. The van der Waals surface area contributed by atoms with Gasteiger partial charge in [0.25, 0.3) is 0 Å². The van der Waals surface area contributed by atoms with Crippen LogP contribution in [-0.2, 0) is 10.8 Å². The van der Waals surface area contributed by atoms with Crippen LogP contribution in [0.15, 0.2) is 109 Å². The molecule has 0 aliphatic rings. The maximum atomic E-state index is 7.02.